The average molecular weight is 295 g/mol. The van der Waals surface area contributed by atoms with Crippen molar-refractivity contribution in [2.75, 3.05) is 6.54 Å². The summed E-state index contributed by atoms with van der Waals surface area (Å²) < 4.78 is 24.9. The normalized spacial score (nSPS) is 26.6. The zero-order valence-corrected chi connectivity index (χ0v) is 11.8. The van der Waals surface area contributed by atoms with Crippen molar-refractivity contribution in [2.24, 2.45) is 5.92 Å². The molecule has 20 heavy (non-hydrogen) atoms. The number of carboxylic acids is 1. The Kier molecular flexibility index (Phi) is 3.30. The highest BCUT2D eigenvalue weighted by atomic mass is 32.2. The van der Waals surface area contributed by atoms with Crippen molar-refractivity contribution in [3.8, 4) is 0 Å². The van der Waals surface area contributed by atoms with Gasteiger partial charge in [-0.15, -0.1) is 0 Å². The molecule has 1 heterocycles. The van der Waals surface area contributed by atoms with E-state index in [1.807, 2.05) is 0 Å². The molecule has 2 aliphatic rings. The van der Waals surface area contributed by atoms with Gasteiger partial charge in [-0.05, 0) is 30.9 Å². The molecule has 1 aliphatic carbocycles. The molecule has 1 aromatic rings. The molecule has 1 aliphatic heterocycles. The van der Waals surface area contributed by atoms with Crippen molar-refractivity contribution >= 4 is 15.8 Å². The lowest BCUT2D eigenvalue weighted by atomic mass is 10.0. The molecule has 2 atom stereocenters. The van der Waals surface area contributed by atoms with Gasteiger partial charge in [-0.2, -0.15) is 0 Å². The highest BCUT2D eigenvalue weighted by Crippen LogP contribution is 2.38. The molecule has 0 aromatic heterocycles. The van der Waals surface area contributed by atoms with Gasteiger partial charge in [0.05, 0.1) is 16.1 Å². The predicted octanol–water partition coefficient (Wildman–Crippen LogP) is 1.36. The first kappa shape index (κ1) is 13.6. The van der Waals surface area contributed by atoms with Crippen LogP contribution in [0.1, 0.15) is 30.9 Å². The van der Waals surface area contributed by atoms with Crippen molar-refractivity contribution in [1.29, 1.82) is 0 Å². The Morgan fingerprint density at radius 3 is 2.55 bits per heavy atom. The molecule has 2 fully saturated rings. The van der Waals surface area contributed by atoms with Gasteiger partial charge < -0.3 is 10.4 Å². The molecule has 108 valence electrons. The average Bonchev–Trinajstić information content (AvgIpc) is 3.17. The Hall–Kier alpha value is -1.40. The summed E-state index contributed by atoms with van der Waals surface area (Å²) in [6.45, 7) is 0.387. The summed E-state index contributed by atoms with van der Waals surface area (Å²) in [4.78, 5) is 11.4. The van der Waals surface area contributed by atoms with Gasteiger partial charge in [-0.25, -0.2) is 8.42 Å². The summed E-state index contributed by atoms with van der Waals surface area (Å²) in [5, 5.41) is 11.9. The van der Waals surface area contributed by atoms with Crippen LogP contribution < -0.4 is 5.32 Å². The zero-order valence-electron chi connectivity index (χ0n) is 11.0. The fourth-order valence-electron chi connectivity index (χ4n) is 2.75. The second-order valence-corrected chi connectivity index (χ2v) is 7.71. The molecular formula is C14H17NO4S. The quantitative estimate of drug-likeness (QED) is 0.876. The van der Waals surface area contributed by atoms with Gasteiger partial charge in [0.2, 0.25) is 0 Å². The van der Waals surface area contributed by atoms with Gasteiger partial charge in [0.15, 0.2) is 9.84 Å². The lowest BCUT2D eigenvalue weighted by Crippen LogP contribution is -2.19. The number of benzene rings is 1. The standard InChI is InChI=1S/C14H17NO4S/c16-14(17)9-7-12(15-8-9)11-3-1-2-4-13(11)20(18,19)10-5-6-10/h1-4,9-10,12,15H,5-8H2,(H,16,17). The Bertz CT molecular complexity index is 636. The van der Waals surface area contributed by atoms with Crippen molar-refractivity contribution < 1.29 is 18.3 Å². The second kappa shape index (κ2) is 4.86. The van der Waals surface area contributed by atoms with E-state index in [4.69, 9.17) is 5.11 Å². The summed E-state index contributed by atoms with van der Waals surface area (Å²) >= 11 is 0. The fraction of sp³-hybridized carbons (Fsp3) is 0.500. The van der Waals surface area contributed by atoms with Crippen molar-refractivity contribution in [2.45, 2.75) is 35.4 Å². The molecule has 5 nitrogen and oxygen atoms in total. The van der Waals surface area contributed by atoms with Gasteiger partial charge in [0, 0.05) is 12.6 Å². The van der Waals surface area contributed by atoms with Gasteiger partial charge in [0.1, 0.15) is 0 Å². The maximum Gasteiger partial charge on any atom is 0.307 e. The molecule has 0 bridgehead atoms. The van der Waals surface area contributed by atoms with Crippen LogP contribution in [0.2, 0.25) is 0 Å². The van der Waals surface area contributed by atoms with Crippen molar-refractivity contribution in [3.05, 3.63) is 29.8 Å². The van der Waals surface area contributed by atoms with Crippen LogP contribution in [0.4, 0.5) is 0 Å². The lowest BCUT2D eigenvalue weighted by Gasteiger charge is -2.16. The maximum atomic E-state index is 12.4. The molecule has 3 rings (SSSR count). The third-order valence-corrected chi connectivity index (χ3v) is 6.38. The number of aliphatic carboxylic acids is 1. The Morgan fingerprint density at radius 2 is 1.95 bits per heavy atom. The first-order valence-corrected chi connectivity index (χ1v) is 8.34. The van der Waals surface area contributed by atoms with E-state index < -0.39 is 21.7 Å². The molecule has 1 saturated carbocycles. The second-order valence-electron chi connectivity index (χ2n) is 5.51. The molecule has 1 aromatic carbocycles. The number of rotatable bonds is 4. The molecule has 0 amide bonds. The summed E-state index contributed by atoms with van der Waals surface area (Å²) in [6, 6.07) is 6.76. The summed E-state index contributed by atoms with van der Waals surface area (Å²) in [5.74, 6) is -1.28. The number of hydrogen-bond donors (Lipinski definition) is 2. The molecule has 0 spiro atoms. The molecule has 2 N–H and O–H groups in total. The van der Waals surface area contributed by atoms with E-state index in [0.717, 1.165) is 12.8 Å². The number of nitrogens with one attached hydrogen (secondary N) is 1. The van der Waals surface area contributed by atoms with Crippen LogP contribution in [0.3, 0.4) is 0 Å². The monoisotopic (exact) mass is 295 g/mol. The van der Waals surface area contributed by atoms with Crippen LogP contribution in [-0.4, -0.2) is 31.3 Å². The van der Waals surface area contributed by atoms with Crippen LogP contribution in [0.25, 0.3) is 0 Å². The number of sulfone groups is 1. The van der Waals surface area contributed by atoms with E-state index in [2.05, 4.69) is 5.32 Å². The van der Waals surface area contributed by atoms with Crippen LogP contribution >= 0.6 is 0 Å². The Labute approximate surface area is 117 Å². The van der Waals surface area contributed by atoms with Gasteiger partial charge in [0.25, 0.3) is 0 Å². The van der Waals surface area contributed by atoms with E-state index in [-0.39, 0.29) is 11.3 Å². The minimum Gasteiger partial charge on any atom is -0.481 e. The largest absolute Gasteiger partial charge is 0.481 e. The summed E-state index contributed by atoms with van der Waals surface area (Å²) in [5.41, 5.74) is 0.711. The van der Waals surface area contributed by atoms with Crippen LogP contribution in [-0.2, 0) is 14.6 Å². The highest BCUT2D eigenvalue weighted by Gasteiger charge is 2.40. The first-order chi connectivity index (χ1) is 9.50. The number of carbonyl (C=O) groups is 1. The smallest absolute Gasteiger partial charge is 0.307 e. The third-order valence-electron chi connectivity index (χ3n) is 4.04. The zero-order chi connectivity index (χ0) is 14.3. The first-order valence-electron chi connectivity index (χ1n) is 6.79. The van der Waals surface area contributed by atoms with Gasteiger partial charge in [-0.3, -0.25) is 4.79 Å². The Morgan fingerprint density at radius 1 is 1.25 bits per heavy atom. The number of hydrogen-bond acceptors (Lipinski definition) is 4. The molecule has 2 unspecified atom stereocenters. The number of carboxylic acid groups (broad SMARTS) is 1. The molecule has 1 saturated heterocycles. The SMILES string of the molecule is O=C(O)C1CNC(c2ccccc2S(=O)(=O)C2CC2)C1. The third kappa shape index (κ3) is 2.33. The van der Waals surface area contributed by atoms with E-state index in [1.54, 1.807) is 24.3 Å². The minimum atomic E-state index is -3.26. The lowest BCUT2D eigenvalue weighted by molar-refractivity contribution is -0.141. The maximum absolute atomic E-state index is 12.4. The van der Waals surface area contributed by atoms with Gasteiger partial charge in [-0.1, -0.05) is 18.2 Å². The predicted molar refractivity (Wildman–Crippen MR) is 73.1 cm³/mol. The molecular weight excluding hydrogens is 278 g/mol. The van der Waals surface area contributed by atoms with Crippen molar-refractivity contribution in [3.63, 3.8) is 0 Å². The van der Waals surface area contributed by atoms with Crippen molar-refractivity contribution in [1.82, 2.24) is 5.32 Å². The topological polar surface area (TPSA) is 83.5 Å². The van der Waals surface area contributed by atoms with E-state index in [9.17, 15) is 13.2 Å². The van der Waals surface area contributed by atoms with Crippen LogP contribution in [0.15, 0.2) is 29.2 Å². The summed E-state index contributed by atoms with van der Waals surface area (Å²) in [6.07, 6.45) is 1.89. The van der Waals surface area contributed by atoms with Crippen LogP contribution in [0.5, 0.6) is 0 Å². The van der Waals surface area contributed by atoms with Crippen LogP contribution in [0, 0.1) is 5.92 Å². The van der Waals surface area contributed by atoms with E-state index >= 15 is 0 Å². The summed E-state index contributed by atoms with van der Waals surface area (Å²) in [7, 11) is -3.26. The van der Waals surface area contributed by atoms with E-state index in [0.29, 0.717) is 23.4 Å². The molecule has 6 heteroatoms. The van der Waals surface area contributed by atoms with E-state index in [1.165, 1.54) is 0 Å². The fourth-order valence-corrected chi connectivity index (χ4v) is 4.67. The van der Waals surface area contributed by atoms with Gasteiger partial charge >= 0.3 is 5.97 Å². The minimum absolute atomic E-state index is 0.194. The Balaban J connectivity index is 1.93. The molecule has 0 radical (unpaired) electrons. The highest BCUT2D eigenvalue weighted by molar-refractivity contribution is 7.92.